The van der Waals surface area contributed by atoms with Gasteiger partial charge in [-0.1, -0.05) is 24.3 Å². The van der Waals surface area contributed by atoms with Gasteiger partial charge in [0.1, 0.15) is 0 Å². The summed E-state index contributed by atoms with van der Waals surface area (Å²) in [6, 6.07) is 14.9. The van der Waals surface area contributed by atoms with Crippen LogP contribution in [-0.2, 0) is 17.8 Å². The largest absolute Gasteiger partial charge is 0.381 e. The number of hydrogen-bond acceptors (Lipinski definition) is 3. The Labute approximate surface area is 158 Å². The van der Waals surface area contributed by atoms with Crippen LogP contribution >= 0.6 is 0 Å². The van der Waals surface area contributed by atoms with Crippen LogP contribution < -0.4 is 10.6 Å². The van der Waals surface area contributed by atoms with Crippen LogP contribution in [0.25, 0.3) is 0 Å². The molecule has 27 heavy (non-hydrogen) atoms. The molecule has 6 nitrogen and oxygen atoms in total. The van der Waals surface area contributed by atoms with E-state index >= 15 is 0 Å². The lowest BCUT2D eigenvalue weighted by Crippen LogP contribution is -2.30. The Morgan fingerprint density at radius 3 is 2.37 bits per heavy atom. The Bertz CT molecular complexity index is 804. The van der Waals surface area contributed by atoms with Crippen molar-refractivity contribution in [1.29, 1.82) is 0 Å². The van der Waals surface area contributed by atoms with Crippen molar-refractivity contribution in [3.63, 3.8) is 0 Å². The molecule has 0 aromatic heterocycles. The molecule has 0 spiro atoms. The van der Waals surface area contributed by atoms with Crippen LogP contribution in [0.5, 0.6) is 0 Å². The molecule has 2 N–H and O–H groups in total. The first-order chi connectivity index (χ1) is 13.2. The van der Waals surface area contributed by atoms with Gasteiger partial charge in [-0.2, -0.15) is 0 Å². The zero-order valence-corrected chi connectivity index (χ0v) is 15.1. The van der Waals surface area contributed by atoms with Gasteiger partial charge in [0.2, 0.25) is 0 Å². The average molecular weight is 365 g/mol. The highest BCUT2D eigenvalue weighted by atomic mass is 16.5. The Balaban J connectivity index is 1.30. The predicted molar refractivity (Wildman–Crippen MR) is 102 cm³/mol. The van der Waals surface area contributed by atoms with Gasteiger partial charge >= 0.3 is 6.03 Å². The highest BCUT2D eigenvalue weighted by molar-refractivity contribution is 5.95. The average Bonchev–Trinajstić information content (AvgIpc) is 3.36. The van der Waals surface area contributed by atoms with Crippen LogP contribution in [0, 0.1) is 5.92 Å². The highest BCUT2D eigenvalue weighted by Crippen LogP contribution is 2.23. The maximum atomic E-state index is 12.5. The van der Waals surface area contributed by atoms with Crippen molar-refractivity contribution in [3.8, 4) is 0 Å². The first-order valence-corrected chi connectivity index (χ1v) is 9.28. The number of nitrogens with one attached hydrogen (secondary N) is 2. The predicted octanol–water partition coefficient (Wildman–Crippen LogP) is 3.00. The Morgan fingerprint density at radius 1 is 1.04 bits per heavy atom. The fourth-order valence-corrected chi connectivity index (χ4v) is 3.47. The first kappa shape index (κ1) is 17.5. The summed E-state index contributed by atoms with van der Waals surface area (Å²) in [5, 5.41) is 5.84. The van der Waals surface area contributed by atoms with Crippen LogP contribution in [0.15, 0.2) is 48.5 Å². The molecular weight excluding hydrogens is 342 g/mol. The van der Waals surface area contributed by atoms with E-state index in [0.717, 1.165) is 13.0 Å². The van der Waals surface area contributed by atoms with E-state index in [2.05, 4.69) is 10.6 Å². The molecule has 2 aromatic rings. The number of benzene rings is 2. The molecule has 3 amide bonds. The van der Waals surface area contributed by atoms with E-state index < -0.39 is 0 Å². The molecule has 2 aromatic carbocycles. The number of anilines is 1. The lowest BCUT2D eigenvalue weighted by Gasteiger charge is -2.16. The minimum absolute atomic E-state index is 0.102. The summed E-state index contributed by atoms with van der Waals surface area (Å²) < 4.78 is 5.32. The molecule has 6 heteroatoms. The third-order valence-electron chi connectivity index (χ3n) is 5.10. The molecule has 4 rings (SSSR count). The SMILES string of the molecule is O=C(NC[C@@H]1CCOC1)c1ccc(NC(=O)N2Cc3ccccc3C2)cc1. The molecule has 0 bridgehead atoms. The van der Waals surface area contributed by atoms with Crippen molar-refractivity contribution >= 4 is 17.6 Å². The maximum absolute atomic E-state index is 12.5. The standard InChI is InChI=1S/C21H23N3O3/c25-20(22-11-15-9-10-27-14-15)16-5-7-19(8-6-16)23-21(26)24-12-17-3-1-2-4-18(17)13-24/h1-8,15H,9-14H2,(H,22,25)(H,23,26)/t15-/m0/s1. The smallest absolute Gasteiger partial charge is 0.322 e. The summed E-state index contributed by atoms with van der Waals surface area (Å²) >= 11 is 0. The second kappa shape index (κ2) is 7.80. The van der Waals surface area contributed by atoms with Crippen molar-refractivity contribution < 1.29 is 14.3 Å². The van der Waals surface area contributed by atoms with Crippen molar-refractivity contribution in [3.05, 3.63) is 65.2 Å². The van der Waals surface area contributed by atoms with E-state index in [9.17, 15) is 9.59 Å². The van der Waals surface area contributed by atoms with Crippen molar-refractivity contribution in [2.45, 2.75) is 19.5 Å². The number of carbonyl (C=O) groups excluding carboxylic acids is 2. The third-order valence-corrected chi connectivity index (χ3v) is 5.10. The molecule has 2 aliphatic rings. The number of ether oxygens (including phenoxy) is 1. The van der Waals surface area contributed by atoms with Gasteiger partial charge in [-0.3, -0.25) is 4.79 Å². The number of amides is 3. The van der Waals surface area contributed by atoms with E-state index in [0.29, 0.717) is 43.4 Å². The normalized spacial score (nSPS) is 18.2. The molecule has 1 atom stereocenters. The van der Waals surface area contributed by atoms with Gasteiger partial charge in [-0.05, 0) is 41.8 Å². The number of fused-ring (bicyclic) bond motifs is 1. The van der Waals surface area contributed by atoms with Gasteiger partial charge in [0, 0.05) is 43.4 Å². The summed E-state index contributed by atoms with van der Waals surface area (Å²) in [5.74, 6) is 0.298. The van der Waals surface area contributed by atoms with Gasteiger partial charge in [0.15, 0.2) is 0 Å². The lowest BCUT2D eigenvalue weighted by atomic mass is 10.1. The summed E-state index contributed by atoms with van der Waals surface area (Å²) in [6.07, 6.45) is 0.992. The van der Waals surface area contributed by atoms with E-state index in [1.807, 2.05) is 24.3 Å². The van der Waals surface area contributed by atoms with Crippen LogP contribution in [0.4, 0.5) is 10.5 Å². The molecule has 0 aliphatic carbocycles. The van der Waals surface area contributed by atoms with Gasteiger partial charge < -0.3 is 20.3 Å². The fraction of sp³-hybridized carbons (Fsp3) is 0.333. The summed E-state index contributed by atoms with van der Waals surface area (Å²) in [4.78, 5) is 26.5. The fourth-order valence-electron chi connectivity index (χ4n) is 3.47. The first-order valence-electron chi connectivity index (χ1n) is 9.28. The molecule has 0 unspecified atom stereocenters. The second-order valence-electron chi connectivity index (χ2n) is 7.07. The van der Waals surface area contributed by atoms with Gasteiger partial charge in [-0.15, -0.1) is 0 Å². The van der Waals surface area contributed by atoms with Crippen LogP contribution in [0.3, 0.4) is 0 Å². The zero-order valence-electron chi connectivity index (χ0n) is 15.1. The monoisotopic (exact) mass is 365 g/mol. The summed E-state index contributed by atoms with van der Waals surface area (Å²) in [5.41, 5.74) is 3.64. The molecular formula is C21H23N3O3. The van der Waals surface area contributed by atoms with Gasteiger partial charge in [-0.25, -0.2) is 4.79 Å². The molecule has 2 aliphatic heterocycles. The minimum atomic E-state index is -0.135. The molecule has 1 fully saturated rings. The zero-order chi connectivity index (χ0) is 18.6. The van der Waals surface area contributed by atoms with Crippen LogP contribution in [-0.4, -0.2) is 36.6 Å². The Morgan fingerprint density at radius 2 is 1.74 bits per heavy atom. The van der Waals surface area contributed by atoms with Gasteiger partial charge in [0.25, 0.3) is 5.91 Å². The van der Waals surface area contributed by atoms with E-state index in [4.69, 9.17) is 4.74 Å². The Hall–Kier alpha value is -2.86. The number of rotatable bonds is 4. The third kappa shape index (κ3) is 4.11. The van der Waals surface area contributed by atoms with Crippen LogP contribution in [0.2, 0.25) is 0 Å². The highest BCUT2D eigenvalue weighted by Gasteiger charge is 2.23. The van der Waals surface area contributed by atoms with Crippen LogP contribution in [0.1, 0.15) is 27.9 Å². The molecule has 1 saturated heterocycles. The summed E-state index contributed by atoms with van der Waals surface area (Å²) in [7, 11) is 0. The lowest BCUT2D eigenvalue weighted by molar-refractivity contribution is 0.0945. The number of urea groups is 1. The second-order valence-corrected chi connectivity index (χ2v) is 7.07. The van der Waals surface area contributed by atoms with E-state index in [1.165, 1.54) is 11.1 Å². The number of hydrogen-bond donors (Lipinski definition) is 2. The topological polar surface area (TPSA) is 70.7 Å². The molecule has 0 radical (unpaired) electrons. The summed E-state index contributed by atoms with van der Waals surface area (Å²) in [6.45, 7) is 3.36. The maximum Gasteiger partial charge on any atom is 0.322 e. The minimum Gasteiger partial charge on any atom is -0.381 e. The van der Waals surface area contributed by atoms with Crippen molar-refractivity contribution in [2.75, 3.05) is 25.1 Å². The molecule has 140 valence electrons. The van der Waals surface area contributed by atoms with E-state index in [1.54, 1.807) is 29.2 Å². The molecule has 2 heterocycles. The van der Waals surface area contributed by atoms with Crippen molar-refractivity contribution in [2.24, 2.45) is 5.92 Å². The molecule has 0 saturated carbocycles. The quantitative estimate of drug-likeness (QED) is 0.875. The van der Waals surface area contributed by atoms with Gasteiger partial charge in [0.05, 0.1) is 6.61 Å². The number of carbonyl (C=O) groups is 2. The van der Waals surface area contributed by atoms with E-state index in [-0.39, 0.29) is 11.9 Å². The number of nitrogens with zero attached hydrogens (tertiary/aromatic N) is 1. The Kier molecular flexibility index (Phi) is 5.07. The van der Waals surface area contributed by atoms with Crippen molar-refractivity contribution in [1.82, 2.24) is 10.2 Å².